The van der Waals surface area contributed by atoms with Gasteiger partial charge in [-0.05, 0) is 0 Å². The van der Waals surface area contributed by atoms with Gasteiger partial charge in [-0.1, -0.05) is 0 Å². The smallest absolute Gasteiger partial charge is 0.147 e. The first-order valence-corrected chi connectivity index (χ1v) is 12.0. The third-order valence-corrected chi connectivity index (χ3v) is 7.07. The predicted molar refractivity (Wildman–Crippen MR) is 132 cm³/mol. The Hall–Kier alpha value is -2.56. The zero-order valence-electron chi connectivity index (χ0n) is 17.4. The second kappa shape index (κ2) is 10.8. The molecule has 0 saturated carbocycles. The molecule has 0 spiro atoms. The third kappa shape index (κ3) is 5.25. The molecule has 1 aromatic heterocycles. The fourth-order valence-corrected chi connectivity index (χ4v) is 5.60. The molecule has 0 aliphatic heterocycles. The second-order valence-corrected chi connectivity index (χ2v) is 9.16. The molecule has 4 aromatic carbocycles. The Morgan fingerprint density at radius 3 is 1.62 bits per heavy atom. The Labute approximate surface area is 206 Å². The summed E-state index contributed by atoms with van der Waals surface area (Å²) in [4.78, 5) is 0. The normalized spacial score (nSPS) is 10.2. The molecule has 32 heavy (non-hydrogen) atoms. The van der Waals surface area contributed by atoms with E-state index in [2.05, 4.69) is 36.4 Å². The second-order valence-electron chi connectivity index (χ2n) is 7.07. The van der Waals surface area contributed by atoms with Crippen molar-refractivity contribution in [2.24, 2.45) is 0 Å². The van der Waals surface area contributed by atoms with Crippen LogP contribution in [0.4, 0.5) is 0 Å². The van der Waals surface area contributed by atoms with E-state index in [9.17, 15) is 0 Å². The van der Waals surface area contributed by atoms with E-state index in [1.54, 1.807) is 0 Å². The topological polar surface area (TPSA) is 31.6 Å². The maximum atomic E-state index is 6.52. The summed E-state index contributed by atoms with van der Waals surface area (Å²) in [6, 6.07) is 32.6. The number of halogens is 2. The summed E-state index contributed by atoms with van der Waals surface area (Å²) in [5, 5.41) is 4.45. The van der Waals surface area contributed by atoms with E-state index in [0.717, 1.165) is 44.6 Å². The Balaban J connectivity index is 0.00000144. The molecule has 0 amide bonds. The molecule has 0 bridgehead atoms. The molecule has 0 aliphatic rings. The summed E-state index contributed by atoms with van der Waals surface area (Å²) in [6.07, 6.45) is 0. The summed E-state index contributed by atoms with van der Waals surface area (Å²) in [7, 11) is 0. The monoisotopic (exact) mass is 500 g/mol. The molecule has 0 unspecified atom stereocenters. The molecule has 1 heterocycles. The largest absolute Gasteiger partial charge is 0.147 e. The van der Waals surface area contributed by atoms with Gasteiger partial charge in [0.25, 0.3) is 0 Å². The van der Waals surface area contributed by atoms with E-state index in [4.69, 9.17) is 11.1 Å². The van der Waals surface area contributed by atoms with Gasteiger partial charge in [0.05, 0.1) is 0 Å². The number of fused-ring (bicyclic) bond motifs is 2. The van der Waals surface area contributed by atoms with Crippen molar-refractivity contribution in [3.05, 3.63) is 109 Å². The molecule has 0 atom stereocenters. The van der Waals surface area contributed by atoms with E-state index in [1.165, 1.54) is 0 Å². The number of rotatable bonds is 5. The molecular weight excluding hydrogens is 479 g/mol. The molecular formula is C26H22Cl2O3Ti. The van der Waals surface area contributed by atoms with Crippen LogP contribution >= 0.6 is 24.8 Å². The van der Waals surface area contributed by atoms with Gasteiger partial charge >= 0.3 is 182 Å². The van der Waals surface area contributed by atoms with E-state index < -0.39 is 18.2 Å². The fraction of sp³-hybridized carbons (Fsp3) is 0.0385. The van der Waals surface area contributed by atoms with Gasteiger partial charge in [-0.15, -0.1) is 24.8 Å². The van der Waals surface area contributed by atoms with Crippen molar-refractivity contribution in [1.82, 2.24) is 0 Å². The molecule has 0 radical (unpaired) electrons. The van der Waals surface area contributed by atoms with Crippen molar-refractivity contribution in [3.63, 3.8) is 0 Å². The third-order valence-electron chi connectivity index (χ3n) is 4.94. The van der Waals surface area contributed by atoms with Gasteiger partial charge in [0, 0.05) is 0 Å². The van der Waals surface area contributed by atoms with Crippen molar-refractivity contribution >= 4 is 50.7 Å². The Morgan fingerprint density at radius 2 is 1.12 bits per heavy atom. The minimum Gasteiger partial charge on any atom is -0.147 e. The number of furan rings is 1. The molecule has 5 aromatic rings. The first-order chi connectivity index (χ1) is 14.8. The van der Waals surface area contributed by atoms with Gasteiger partial charge in [-0.25, -0.2) is 0 Å². The maximum Gasteiger partial charge on any atom is -0.147 e. The minimum atomic E-state index is -2.67. The molecule has 0 saturated heterocycles. The average Bonchev–Trinajstić information content (AvgIpc) is 3.19. The maximum absolute atomic E-state index is 6.52. The molecule has 0 fully saturated rings. The zero-order valence-corrected chi connectivity index (χ0v) is 20.6. The summed E-state index contributed by atoms with van der Waals surface area (Å²) in [6.45, 7) is 1.94. The van der Waals surface area contributed by atoms with Crippen LogP contribution < -0.4 is 6.64 Å². The summed E-state index contributed by atoms with van der Waals surface area (Å²) < 4.78 is 20.9. The van der Waals surface area contributed by atoms with Crippen LogP contribution in [0.15, 0.2) is 101 Å². The average molecular weight is 501 g/mol. The minimum absolute atomic E-state index is 0. The van der Waals surface area contributed by atoms with Crippen LogP contribution in [0.25, 0.3) is 21.5 Å². The van der Waals surface area contributed by atoms with Gasteiger partial charge in [-0.3, -0.25) is 0 Å². The molecule has 3 nitrogen and oxygen atoms in total. The van der Waals surface area contributed by atoms with Crippen molar-refractivity contribution < 1.29 is 29.2 Å². The van der Waals surface area contributed by atoms with E-state index >= 15 is 0 Å². The van der Waals surface area contributed by atoms with Crippen LogP contribution in [0.3, 0.4) is 0 Å². The molecule has 0 N–H and O–H groups in total. The van der Waals surface area contributed by atoms with Gasteiger partial charge in [0.1, 0.15) is 0 Å². The number of aryl methyl sites for hydroxylation is 1. The predicted octanol–water partition coefficient (Wildman–Crippen LogP) is 7.49. The van der Waals surface area contributed by atoms with Crippen LogP contribution in [-0.2, 0) is 18.2 Å². The van der Waals surface area contributed by atoms with E-state index in [1.807, 2.05) is 71.9 Å². The number of hydrogen-bond donors (Lipinski definition) is 0. The van der Waals surface area contributed by atoms with E-state index in [0.29, 0.717) is 0 Å². The number of benzene rings is 4. The first kappa shape index (κ1) is 24.1. The van der Waals surface area contributed by atoms with Crippen LogP contribution in [0.5, 0.6) is 11.5 Å². The Bertz CT molecular complexity index is 1280. The summed E-state index contributed by atoms with van der Waals surface area (Å²) >= 11 is -2.67. The molecule has 6 heteroatoms. The summed E-state index contributed by atoms with van der Waals surface area (Å²) in [5.74, 6) is 3.32. The van der Waals surface area contributed by atoms with Crippen LogP contribution in [0.1, 0.15) is 11.5 Å². The van der Waals surface area contributed by atoms with Crippen molar-refractivity contribution in [2.45, 2.75) is 6.92 Å². The number of hydrogen-bond acceptors (Lipinski definition) is 3. The molecule has 0 aliphatic carbocycles. The van der Waals surface area contributed by atoms with Crippen LogP contribution in [-0.4, -0.2) is 4.31 Å². The standard InChI is InChI=1S/2C10H8O.C6H6O.2ClH.Ti/c2*11-10-7-3-5-8-4-1-2-6-9(8)10;1-5-3-4-6(2)7-5;;;/h2*1-7,11H;1,3-4H,2H3;2*1H;/q;;;;;+2/p-2. The van der Waals surface area contributed by atoms with Crippen molar-refractivity contribution in [2.75, 3.05) is 0 Å². The van der Waals surface area contributed by atoms with Crippen LogP contribution in [0.2, 0.25) is 0 Å². The zero-order chi connectivity index (χ0) is 20.3. The molecule has 5 rings (SSSR count). The van der Waals surface area contributed by atoms with Gasteiger partial charge in [-0.2, -0.15) is 0 Å². The SMILES string of the molecule is Cc1ccc([CH]=[Ti]([O]c2cccc3ccccc23)[O]c2cccc3ccccc23)o1.Cl.Cl. The van der Waals surface area contributed by atoms with Gasteiger partial charge in [0.2, 0.25) is 0 Å². The van der Waals surface area contributed by atoms with E-state index in [-0.39, 0.29) is 24.8 Å². The Kier molecular flexibility index (Phi) is 8.17. The van der Waals surface area contributed by atoms with Crippen LogP contribution in [0, 0.1) is 6.92 Å². The first-order valence-electron chi connectivity index (χ1n) is 9.86. The Morgan fingerprint density at radius 1 is 0.625 bits per heavy atom. The summed E-state index contributed by atoms with van der Waals surface area (Å²) in [5.41, 5.74) is 0. The van der Waals surface area contributed by atoms with Gasteiger partial charge < -0.3 is 0 Å². The van der Waals surface area contributed by atoms with Crippen molar-refractivity contribution in [3.8, 4) is 11.5 Å². The fourth-order valence-electron chi connectivity index (χ4n) is 3.51. The molecule has 162 valence electrons. The quantitative estimate of drug-likeness (QED) is 0.234. The van der Waals surface area contributed by atoms with Gasteiger partial charge in [0.15, 0.2) is 0 Å². The van der Waals surface area contributed by atoms with Crippen molar-refractivity contribution in [1.29, 1.82) is 0 Å².